The number of rotatable bonds is 4. The quantitative estimate of drug-likeness (QED) is 0.781. The van der Waals surface area contributed by atoms with Gasteiger partial charge in [-0.25, -0.2) is 14.8 Å². The van der Waals surface area contributed by atoms with Crippen molar-refractivity contribution in [1.29, 1.82) is 0 Å². The molecular formula is C10H15N3O2. The highest BCUT2D eigenvalue weighted by Gasteiger charge is 2.21. The molecule has 0 aromatic carbocycles. The first-order valence-electron chi connectivity index (χ1n) is 4.79. The van der Waals surface area contributed by atoms with Crippen LogP contribution in [0.1, 0.15) is 19.7 Å². The van der Waals surface area contributed by atoms with Crippen molar-refractivity contribution in [3.8, 4) is 0 Å². The lowest BCUT2D eigenvalue weighted by Crippen LogP contribution is -2.34. The second-order valence-electron chi connectivity index (χ2n) is 3.69. The standard InChI is InChI=1S/C10H15N3O2/c1-6(2)9(10(14)15)13-8-4-5-11-7(3)12-8/h4-6,9H,1-3H3,(H,14,15)(H,11,12,13). The highest BCUT2D eigenvalue weighted by molar-refractivity contribution is 5.77. The van der Waals surface area contributed by atoms with E-state index in [1.54, 1.807) is 19.2 Å². The number of anilines is 1. The Labute approximate surface area is 88.6 Å². The lowest BCUT2D eigenvalue weighted by Gasteiger charge is -2.18. The molecule has 1 heterocycles. The Bertz CT molecular complexity index is 352. The van der Waals surface area contributed by atoms with Crippen LogP contribution < -0.4 is 5.32 Å². The number of carboxylic acids is 1. The molecule has 0 amide bonds. The van der Waals surface area contributed by atoms with Crippen LogP contribution in [-0.2, 0) is 4.79 Å². The van der Waals surface area contributed by atoms with Crippen LogP contribution in [0.4, 0.5) is 5.82 Å². The molecule has 0 aliphatic heterocycles. The predicted octanol–water partition coefficient (Wildman–Crippen LogP) is 1.31. The van der Waals surface area contributed by atoms with Gasteiger partial charge in [-0.2, -0.15) is 0 Å². The molecule has 1 unspecified atom stereocenters. The van der Waals surface area contributed by atoms with E-state index in [1.807, 2.05) is 13.8 Å². The molecule has 0 aliphatic rings. The summed E-state index contributed by atoms with van der Waals surface area (Å²) in [6, 6.07) is 1.03. The molecule has 0 fully saturated rings. The minimum Gasteiger partial charge on any atom is -0.480 e. The van der Waals surface area contributed by atoms with E-state index in [0.717, 1.165) is 0 Å². The summed E-state index contributed by atoms with van der Waals surface area (Å²) in [6.07, 6.45) is 1.60. The third-order valence-corrected chi connectivity index (χ3v) is 2.01. The van der Waals surface area contributed by atoms with Crippen molar-refractivity contribution in [1.82, 2.24) is 9.97 Å². The number of carboxylic acid groups (broad SMARTS) is 1. The third-order valence-electron chi connectivity index (χ3n) is 2.01. The highest BCUT2D eigenvalue weighted by atomic mass is 16.4. The molecule has 5 nitrogen and oxygen atoms in total. The summed E-state index contributed by atoms with van der Waals surface area (Å²) in [5.74, 6) is 0.288. The van der Waals surface area contributed by atoms with Crippen molar-refractivity contribution in [2.45, 2.75) is 26.8 Å². The SMILES string of the molecule is Cc1nccc(NC(C(=O)O)C(C)C)n1. The molecule has 0 saturated heterocycles. The summed E-state index contributed by atoms with van der Waals surface area (Å²) < 4.78 is 0. The Morgan fingerprint density at radius 2 is 2.20 bits per heavy atom. The monoisotopic (exact) mass is 209 g/mol. The Morgan fingerprint density at radius 1 is 1.53 bits per heavy atom. The molecule has 15 heavy (non-hydrogen) atoms. The molecule has 5 heteroatoms. The average molecular weight is 209 g/mol. The van der Waals surface area contributed by atoms with Crippen LogP contribution in [0.15, 0.2) is 12.3 Å². The minimum atomic E-state index is -0.874. The van der Waals surface area contributed by atoms with Crippen LogP contribution in [0.25, 0.3) is 0 Å². The predicted molar refractivity (Wildman–Crippen MR) is 56.7 cm³/mol. The highest BCUT2D eigenvalue weighted by Crippen LogP contribution is 2.10. The fourth-order valence-corrected chi connectivity index (χ4v) is 1.21. The smallest absolute Gasteiger partial charge is 0.326 e. The Balaban J connectivity index is 2.79. The first kappa shape index (κ1) is 11.4. The maximum atomic E-state index is 10.9. The van der Waals surface area contributed by atoms with Gasteiger partial charge >= 0.3 is 5.97 Å². The van der Waals surface area contributed by atoms with Gasteiger partial charge in [-0.05, 0) is 18.9 Å². The summed E-state index contributed by atoms with van der Waals surface area (Å²) in [4.78, 5) is 19.0. The van der Waals surface area contributed by atoms with Gasteiger partial charge in [-0.1, -0.05) is 13.8 Å². The molecule has 1 rings (SSSR count). The van der Waals surface area contributed by atoms with E-state index < -0.39 is 12.0 Å². The van der Waals surface area contributed by atoms with Crippen molar-refractivity contribution in [2.75, 3.05) is 5.32 Å². The van der Waals surface area contributed by atoms with Crippen LogP contribution in [0.3, 0.4) is 0 Å². The lowest BCUT2D eigenvalue weighted by atomic mass is 10.1. The Morgan fingerprint density at radius 3 is 2.67 bits per heavy atom. The van der Waals surface area contributed by atoms with Gasteiger partial charge in [-0.3, -0.25) is 0 Å². The van der Waals surface area contributed by atoms with E-state index in [-0.39, 0.29) is 5.92 Å². The normalized spacial score (nSPS) is 12.5. The zero-order valence-corrected chi connectivity index (χ0v) is 9.06. The molecular weight excluding hydrogens is 194 g/mol. The van der Waals surface area contributed by atoms with Gasteiger partial charge in [0.25, 0.3) is 0 Å². The van der Waals surface area contributed by atoms with Crippen molar-refractivity contribution in [2.24, 2.45) is 5.92 Å². The number of nitrogens with one attached hydrogen (secondary N) is 1. The number of carbonyl (C=O) groups is 1. The summed E-state index contributed by atoms with van der Waals surface area (Å²) in [5.41, 5.74) is 0. The van der Waals surface area contributed by atoms with E-state index in [9.17, 15) is 4.79 Å². The number of hydrogen-bond donors (Lipinski definition) is 2. The maximum absolute atomic E-state index is 10.9. The molecule has 0 spiro atoms. The summed E-state index contributed by atoms with van der Waals surface area (Å²) in [6.45, 7) is 5.45. The molecule has 0 saturated carbocycles. The average Bonchev–Trinajstić information content (AvgIpc) is 2.13. The van der Waals surface area contributed by atoms with Crippen LogP contribution >= 0.6 is 0 Å². The number of nitrogens with zero attached hydrogens (tertiary/aromatic N) is 2. The Kier molecular flexibility index (Phi) is 3.60. The molecule has 1 atom stereocenters. The first-order chi connectivity index (χ1) is 7.00. The second-order valence-corrected chi connectivity index (χ2v) is 3.69. The largest absolute Gasteiger partial charge is 0.480 e. The van der Waals surface area contributed by atoms with Gasteiger partial charge in [0.1, 0.15) is 17.7 Å². The Hall–Kier alpha value is -1.65. The van der Waals surface area contributed by atoms with Gasteiger partial charge in [0, 0.05) is 6.20 Å². The summed E-state index contributed by atoms with van der Waals surface area (Å²) in [5, 5.41) is 11.8. The summed E-state index contributed by atoms with van der Waals surface area (Å²) in [7, 11) is 0. The van der Waals surface area contributed by atoms with Crippen molar-refractivity contribution in [3.05, 3.63) is 18.1 Å². The fraction of sp³-hybridized carbons (Fsp3) is 0.500. The summed E-state index contributed by atoms with van der Waals surface area (Å²) >= 11 is 0. The van der Waals surface area contributed by atoms with Crippen molar-refractivity contribution < 1.29 is 9.90 Å². The van der Waals surface area contributed by atoms with Gasteiger partial charge in [0.2, 0.25) is 0 Å². The number of aromatic nitrogens is 2. The van der Waals surface area contributed by atoms with Gasteiger partial charge in [0.05, 0.1) is 0 Å². The zero-order chi connectivity index (χ0) is 11.4. The molecule has 1 aromatic heterocycles. The third kappa shape index (κ3) is 3.19. The van der Waals surface area contributed by atoms with Crippen LogP contribution in [0.2, 0.25) is 0 Å². The molecule has 82 valence electrons. The minimum absolute atomic E-state index is 0.00206. The number of hydrogen-bond acceptors (Lipinski definition) is 4. The van der Waals surface area contributed by atoms with Crippen molar-refractivity contribution >= 4 is 11.8 Å². The first-order valence-corrected chi connectivity index (χ1v) is 4.79. The molecule has 0 radical (unpaired) electrons. The van der Waals surface area contributed by atoms with Crippen molar-refractivity contribution in [3.63, 3.8) is 0 Å². The van der Waals surface area contributed by atoms with E-state index in [4.69, 9.17) is 5.11 Å². The van der Waals surface area contributed by atoms with Crippen LogP contribution in [-0.4, -0.2) is 27.1 Å². The van der Waals surface area contributed by atoms with E-state index in [1.165, 1.54) is 0 Å². The van der Waals surface area contributed by atoms with Gasteiger partial charge < -0.3 is 10.4 Å². The molecule has 0 aliphatic carbocycles. The molecule has 2 N–H and O–H groups in total. The van der Waals surface area contributed by atoms with Crippen LogP contribution in [0, 0.1) is 12.8 Å². The topological polar surface area (TPSA) is 75.1 Å². The lowest BCUT2D eigenvalue weighted by molar-refractivity contribution is -0.138. The zero-order valence-electron chi connectivity index (χ0n) is 9.06. The van der Waals surface area contributed by atoms with Gasteiger partial charge in [-0.15, -0.1) is 0 Å². The van der Waals surface area contributed by atoms with E-state index in [2.05, 4.69) is 15.3 Å². The van der Waals surface area contributed by atoms with E-state index in [0.29, 0.717) is 11.6 Å². The van der Waals surface area contributed by atoms with E-state index >= 15 is 0 Å². The van der Waals surface area contributed by atoms with Gasteiger partial charge in [0.15, 0.2) is 0 Å². The second kappa shape index (κ2) is 4.72. The molecule has 1 aromatic rings. The molecule has 0 bridgehead atoms. The fourth-order valence-electron chi connectivity index (χ4n) is 1.21. The maximum Gasteiger partial charge on any atom is 0.326 e. The number of aliphatic carboxylic acids is 1. The van der Waals surface area contributed by atoms with Crippen LogP contribution in [0.5, 0.6) is 0 Å². The number of aryl methyl sites for hydroxylation is 1.